The van der Waals surface area contributed by atoms with E-state index in [1.165, 1.54) is 24.3 Å². The van der Waals surface area contributed by atoms with Crippen molar-refractivity contribution in [3.63, 3.8) is 0 Å². The normalized spacial score (nSPS) is 10.4. The Morgan fingerprint density at radius 1 is 1.42 bits per heavy atom. The molecule has 2 N–H and O–H groups in total. The lowest BCUT2D eigenvalue weighted by molar-refractivity contribution is -0.137. The minimum absolute atomic E-state index is 0.0776. The Morgan fingerprint density at radius 3 is 2.74 bits per heavy atom. The van der Waals surface area contributed by atoms with Gasteiger partial charge in [-0.25, -0.2) is 9.18 Å². The highest BCUT2D eigenvalue weighted by molar-refractivity contribution is 5.93. The molecule has 6 heteroatoms. The number of hydrogen-bond donors (Lipinski definition) is 1. The number of carbonyl (C=O) groups excluding carboxylic acids is 2. The maximum atomic E-state index is 13.4. The molecular weight excluding hydrogens is 253 g/mol. The van der Waals surface area contributed by atoms with Crippen LogP contribution in [0.15, 0.2) is 30.4 Å². The van der Waals surface area contributed by atoms with E-state index in [0.717, 1.165) is 6.07 Å². The third-order valence-corrected chi connectivity index (χ3v) is 2.09. The van der Waals surface area contributed by atoms with Gasteiger partial charge in [0.2, 0.25) is 0 Å². The summed E-state index contributed by atoms with van der Waals surface area (Å²) in [5.74, 6) is -1.83. The zero-order valence-corrected chi connectivity index (χ0v) is 10.4. The Hall–Kier alpha value is -2.37. The van der Waals surface area contributed by atoms with E-state index in [0.29, 0.717) is 6.61 Å². The van der Waals surface area contributed by atoms with Gasteiger partial charge in [0.25, 0.3) is 5.91 Å². The number of esters is 1. The van der Waals surface area contributed by atoms with Crippen LogP contribution in [0.3, 0.4) is 0 Å². The minimum atomic E-state index is -0.841. The second kappa shape index (κ2) is 7.15. The van der Waals surface area contributed by atoms with Crippen molar-refractivity contribution in [2.24, 2.45) is 5.73 Å². The van der Waals surface area contributed by atoms with Gasteiger partial charge in [-0.15, -0.1) is 0 Å². The molecule has 0 aliphatic rings. The first-order valence-corrected chi connectivity index (χ1v) is 5.60. The van der Waals surface area contributed by atoms with Crippen molar-refractivity contribution in [1.82, 2.24) is 0 Å². The molecule has 5 nitrogen and oxygen atoms in total. The molecule has 0 saturated heterocycles. The van der Waals surface area contributed by atoms with Gasteiger partial charge in [-0.05, 0) is 25.1 Å². The van der Waals surface area contributed by atoms with Gasteiger partial charge >= 0.3 is 5.97 Å². The zero-order valence-electron chi connectivity index (χ0n) is 10.4. The van der Waals surface area contributed by atoms with Crippen LogP contribution in [0.1, 0.15) is 17.3 Å². The fourth-order valence-electron chi connectivity index (χ4n) is 1.26. The van der Waals surface area contributed by atoms with Gasteiger partial charge in [-0.3, -0.25) is 4.79 Å². The van der Waals surface area contributed by atoms with E-state index in [9.17, 15) is 14.0 Å². The number of nitrogens with two attached hydrogens (primary N) is 1. The first kappa shape index (κ1) is 14.7. The van der Waals surface area contributed by atoms with Crippen molar-refractivity contribution < 1.29 is 23.5 Å². The fraction of sp³-hybridized carbons (Fsp3) is 0.231. The van der Waals surface area contributed by atoms with Gasteiger partial charge in [0.15, 0.2) is 0 Å². The molecule has 0 fully saturated rings. The summed E-state index contributed by atoms with van der Waals surface area (Å²) in [5, 5.41) is 0. The third-order valence-electron chi connectivity index (χ3n) is 2.09. The molecule has 102 valence electrons. The number of ether oxygens (including phenoxy) is 2. The SMILES string of the molecule is CCOC(=O)/C=C/COc1ccc(C(N)=O)c(F)c1. The van der Waals surface area contributed by atoms with E-state index < -0.39 is 17.7 Å². The Balaban J connectivity index is 2.53. The van der Waals surface area contributed by atoms with Crippen molar-refractivity contribution >= 4 is 11.9 Å². The van der Waals surface area contributed by atoms with Gasteiger partial charge in [0.05, 0.1) is 12.2 Å². The molecule has 0 radical (unpaired) electrons. The lowest BCUT2D eigenvalue weighted by Crippen LogP contribution is -2.13. The van der Waals surface area contributed by atoms with Gasteiger partial charge in [-0.1, -0.05) is 0 Å². The van der Waals surface area contributed by atoms with Crippen LogP contribution in [0.25, 0.3) is 0 Å². The number of rotatable bonds is 6. The average Bonchev–Trinajstić information content (AvgIpc) is 2.34. The molecule has 0 heterocycles. The van der Waals surface area contributed by atoms with E-state index in [-0.39, 0.29) is 17.9 Å². The lowest BCUT2D eigenvalue weighted by Gasteiger charge is -2.04. The van der Waals surface area contributed by atoms with Crippen LogP contribution < -0.4 is 10.5 Å². The van der Waals surface area contributed by atoms with E-state index in [1.807, 2.05) is 0 Å². The Morgan fingerprint density at radius 2 is 2.16 bits per heavy atom. The van der Waals surface area contributed by atoms with Gasteiger partial charge < -0.3 is 15.2 Å². The highest BCUT2D eigenvalue weighted by atomic mass is 19.1. The summed E-state index contributed by atoms with van der Waals surface area (Å²) in [7, 11) is 0. The maximum absolute atomic E-state index is 13.4. The molecular formula is C13H14FNO4. The number of amides is 1. The molecule has 19 heavy (non-hydrogen) atoms. The zero-order chi connectivity index (χ0) is 14.3. The predicted molar refractivity (Wildman–Crippen MR) is 66.2 cm³/mol. The predicted octanol–water partition coefficient (Wildman–Crippen LogP) is 1.42. The molecule has 0 aliphatic heterocycles. The van der Waals surface area contributed by atoms with E-state index in [2.05, 4.69) is 4.74 Å². The van der Waals surface area contributed by atoms with Crippen LogP contribution in [0.5, 0.6) is 5.75 Å². The highest BCUT2D eigenvalue weighted by Gasteiger charge is 2.08. The van der Waals surface area contributed by atoms with Crippen LogP contribution in [0.2, 0.25) is 0 Å². The van der Waals surface area contributed by atoms with Crippen LogP contribution in [0.4, 0.5) is 4.39 Å². The molecule has 0 aromatic heterocycles. The highest BCUT2D eigenvalue weighted by Crippen LogP contribution is 2.16. The number of halogens is 1. The molecule has 0 atom stereocenters. The maximum Gasteiger partial charge on any atom is 0.330 e. The monoisotopic (exact) mass is 267 g/mol. The van der Waals surface area contributed by atoms with E-state index >= 15 is 0 Å². The lowest BCUT2D eigenvalue weighted by atomic mass is 10.2. The Kier molecular flexibility index (Phi) is 5.53. The van der Waals surface area contributed by atoms with Crippen molar-refractivity contribution in [3.05, 3.63) is 41.7 Å². The van der Waals surface area contributed by atoms with Gasteiger partial charge in [0, 0.05) is 12.1 Å². The summed E-state index contributed by atoms with van der Waals surface area (Å²) in [6.07, 6.45) is 2.66. The molecule has 0 saturated carbocycles. The quantitative estimate of drug-likeness (QED) is 0.624. The molecule has 1 rings (SSSR count). The molecule has 0 aliphatic carbocycles. The third kappa shape index (κ3) is 4.79. The molecule has 0 spiro atoms. The smallest absolute Gasteiger partial charge is 0.330 e. The Labute approximate surface area is 109 Å². The van der Waals surface area contributed by atoms with Crippen LogP contribution >= 0.6 is 0 Å². The summed E-state index contributed by atoms with van der Waals surface area (Å²) >= 11 is 0. The molecule has 1 aromatic rings. The molecule has 0 unspecified atom stereocenters. The first-order chi connectivity index (χ1) is 9.04. The molecule has 1 aromatic carbocycles. The van der Waals surface area contributed by atoms with Crippen molar-refractivity contribution in [3.8, 4) is 5.75 Å². The summed E-state index contributed by atoms with van der Waals surface area (Å²) < 4.78 is 23.2. The number of hydrogen-bond acceptors (Lipinski definition) is 4. The van der Waals surface area contributed by atoms with Crippen LogP contribution in [-0.4, -0.2) is 25.1 Å². The number of primary amides is 1. The first-order valence-electron chi connectivity index (χ1n) is 5.60. The van der Waals surface area contributed by atoms with E-state index in [4.69, 9.17) is 10.5 Å². The average molecular weight is 267 g/mol. The molecule has 1 amide bonds. The van der Waals surface area contributed by atoms with Crippen molar-refractivity contribution in [2.45, 2.75) is 6.92 Å². The van der Waals surface area contributed by atoms with Gasteiger partial charge in [-0.2, -0.15) is 0 Å². The summed E-state index contributed by atoms with van der Waals surface area (Å²) in [5.41, 5.74) is 4.77. The fourth-order valence-corrected chi connectivity index (χ4v) is 1.26. The van der Waals surface area contributed by atoms with Crippen LogP contribution in [0, 0.1) is 5.82 Å². The second-order valence-corrected chi connectivity index (χ2v) is 3.47. The van der Waals surface area contributed by atoms with E-state index in [1.54, 1.807) is 6.92 Å². The number of carbonyl (C=O) groups is 2. The van der Waals surface area contributed by atoms with Crippen LogP contribution in [-0.2, 0) is 9.53 Å². The summed E-state index contributed by atoms with van der Waals surface area (Å²) in [4.78, 5) is 21.8. The van der Waals surface area contributed by atoms with Gasteiger partial charge in [0.1, 0.15) is 18.2 Å². The minimum Gasteiger partial charge on any atom is -0.489 e. The Bertz CT molecular complexity index is 499. The number of benzene rings is 1. The van der Waals surface area contributed by atoms with Crippen molar-refractivity contribution in [1.29, 1.82) is 0 Å². The summed E-state index contributed by atoms with van der Waals surface area (Å²) in [6.45, 7) is 2.07. The largest absolute Gasteiger partial charge is 0.489 e. The molecule has 0 bridgehead atoms. The second-order valence-electron chi connectivity index (χ2n) is 3.47. The topological polar surface area (TPSA) is 78.6 Å². The van der Waals surface area contributed by atoms with Crippen molar-refractivity contribution in [2.75, 3.05) is 13.2 Å². The summed E-state index contributed by atoms with van der Waals surface area (Å²) in [6, 6.07) is 3.71. The standard InChI is InChI=1S/C13H14FNO4/c1-2-18-12(16)4-3-7-19-9-5-6-10(13(15)17)11(14)8-9/h3-6,8H,2,7H2,1H3,(H2,15,17)/b4-3+.